The van der Waals surface area contributed by atoms with Crippen molar-refractivity contribution in [3.05, 3.63) is 30.1 Å². The van der Waals surface area contributed by atoms with Crippen LogP contribution in [-0.4, -0.2) is 33.8 Å². The molecule has 4 nitrogen and oxygen atoms in total. The van der Waals surface area contributed by atoms with Crippen molar-refractivity contribution in [2.45, 2.75) is 45.4 Å². The largest absolute Gasteiger partial charge is 0.348 e. The molecule has 0 bridgehead atoms. The highest BCUT2D eigenvalue weighted by Gasteiger charge is 2.12. The fraction of sp³-hybridized carbons (Fsp3) is 0.562. The Labute approximate surface area is 132 Å². The Morgan fingerprint density at radius 1 is 1.29 bits per heavy atom. The van der Waals surface area contributed by atoms with Crippen LogP contribution in [-0.2, 0) is 0 Å². The number of hydrogen-bond donors (Lipinski definition) is 1. The lowest BCUT2D eigenvalue weighted by molar-refractivity contribution is 0.428. The van der Waals surface area contributed by atoms with Crippen LogP contribution in [0, 0.1) is 0 Å². The quantitative estimate of drug-likeness (QED) is 0.526. The Kier molecular flexibility index (Phi) is 6.60. The van der Waals surface area contributed by atoms with Gasteiger partial charge in [-0.1, -0.05) is 32.3 Å². The first-order chi connectivity index (χ1) is 10.3. The third-order valence-electron chi connectivity index (χ3n) is 3.63. The minimum Gasteiger partial charge on any atom is -0.348 e. The van der Waals surface area contributed by atoms with Gasteiger partial charge in [0, 0.05) is 19.3 Å². The van der Waals surface area contributed by atoms with E-state index in [-0.39, 0.29) is 0 Å². The minimum atomic E-state index is 0.737. The van der Waals surface area contributed by atoms with Crippen molar-refractivity contribution < 1.29 is 0 Å². The molecule has 21 heavy (non-hydrogen) atoms. The summed E-state index contributed by atoms with van der Waals surface area (Å²) in [4.78, 5) is 6.61. The molecule has 0 saturated carbocycles. The van der Waals surface area contributed by atoms with E-state index in [4.69, 9.17) is 12.2 Å². The summed E-state index contributed by atoms with van der Waals surface area (Å²) in [6.07, 6.45) is 8.77. The molecule has 1 aliphatic heterocycles. The summed E-state index contributed by atoms with van der Waals surface area (Å²) >= 11 is 5.47. The van der Waals surface area contributed by atoms with Gasteiger partial charge in [0.05, 0.1) is 11.4 Å². The number of aromatic nitrogens is 1. The third-order valence-corrected chi connectivity index (χ3v) is 3.98. The minimum absolute atomic E-state index is 0.737. The van der Waals surface area contributed by atoms with Gasteiger partial charge in [0.2, 0.25) is 0 Å². The average molecular weight is 304 g/mol. The number of hydrogen-bond acceptors (Lipinski definition) is 3. The van der Waals surface area contributed by atoms with Gasteiger partial charge >= 0.3 is 0 Å². The monoisotopic (exact) mass is 304 g/mol. The first kappa shape index (κ1) is 15.9. The van der Waals surface area contributed by atoms with E-state index in [0.29, 0.717) is 0 Å². The lowest BCUT2D eigenvalue weighted by atomic mass is 10.1. The summed E-state index contributed by atoms with van der Waals surface area (Å²) in [5.41, 5.74) is 4.96. The maximum Gasteiger partial charge on any atom is 0.189 e. The van der Waals surface area contributed by atoms with E-state index < -0.39 is 0 Å². The average Bonchev–Trinajstić information content (AvgIpc) is 2.81. The smallest absolute Gasteiger partial charge is 0.189 e. The Hall–Kier alpha value is -1.49. The van der Waals surface area contributed by atoms with Crippen LogP contribution in [0.3, 0.4) is 0 Å². The van der Waals surface area contributed by atoms with E-state index in [0.717, 1.165) is 42.4 Å². The highest BCUT2D eigenvalue weighted by atomic mass is 32.1. The molecular weight excluding hydrogens is 280 g/mol. The first-order valence-electron chi connectivity index (χ1n) is 7.84. The maximum absolute atomic E-state index is 5.47. The highest BCUT2D eigenvalue weighted by molar-refractivity contribution is 7.80. The van der Waals surface area contributed by atoms with Crippen LogP contribution >= 0.6 is 12.2 Å². The molecule has 0 spiro atoms. The summed E-state index contributed by atoms with van der Waals surface area (Å²) in [5.74, 6) is 0. The van der Waals surface area contributed by atoms with E-state index in [1.807, 2.05) is 18.2 Å². The predicted octanol–water partition coefficient (Wildman–Crippen LogP) is 3.34. The molecule has 2 rings (SSSR count). The van der Waals surface area contributed by atoms with Gasteiger partial charge in [-0.05, 0) is 43.6 Å². The summed E-state index contributed by atoms with van der Waals surface area (Å²) in [7, 11) is 0. The van der Waals surface area contributed by atoms with Crippen LogP contribution in [0.25, 0.3) is 0 Å². The molecule has 0 amide bonds. The zero-order valence-corrected chi connectivity index (χ0v) is 13.5. The Morgan fingerprint density at radius 3 is 2.67 bits per heavy atom. The van der Waals surface area contributed by atoms with Gasteiger partial charge in [-0.2, -0.15) is 5.10 Å². The summed E-state index contributed by atoms with van der Waals surface area (Å²) in [6, 6.07) is 5.90. The van der Waals surface area contributed by atoms with Crippen LogP contribution in [0.2, 0.25) is 0 Å². The number of rotatable bonds is 4. The van der Waals surface area contributed by atoms with Crippen molar-refractivity contribution >= 4 is 23.0 Å². The van der Waals surface area contributed by atoms with Crippen molar-refractivity contribution in [3.8, 4) is 0 Å². The number of pyridine rings is 1. The number of nitrogens with zero attached hydrogens (tertiary/aromatic N) is 3. The molecule has 0 unspecified atom stereocenters. The first-order valence-corrected chi connectivity index (χ1v) is 8.25. The van der Waals surface area contributed by atoms with Crippen LogP contribution in [0.1, 0.15) is 51.1 Å². The summed E-state index contributed by atoms with van der Waals surface area (Å²) in [5, 5.41) is 5.25. The molecule has 1 aliphatic rings. The molecule has 5 heteroatoms. The topological polar surface area (TPSA) is 40.5 Å². The number of thiocarbonyl (C=S) groups is 1. The van der Waals surface area contributed by atoms with Gasteiger partial charge in [0.15, 0.2) is 5.11 Å². The predicted molar refractivity (Wildman–Crippen MR) is 91.5 cm³/mol. The second-order valence-corrected chi connectivity index (χ2v) is 5.73. The molecule has 0 radical (unpaired) electrons. The van der Waals surface area contributed by atoms with Crippen molar-refractivity contribution in [1.82, 2.24) is 15.3 Å². The molecule has 1 N–H and O–H groups in total. The molecule has 114 valence electrons. The van der Waals surface area contributed by atoms with Gasteiger partial charge in [-0.25, -0.2) is 0 Å². The molecule has 1 aromatic heterocycles. The van der Waals surface area contributed by atoms with Gasteiger partial charge in [-0.3, -0.25) is 10.4 Å². The Morgan fingerprint density at radius 2 is 2.05 bits per heavy atom. The van der Waals surface area contributed by atoms with E-state index >= 15 is 0 Å². The molecule has 1 saturated heterocycles. The lowest BCUT2D eigenvalue weighted by Crippen LogP contribution is -2.38. The third kappa shape index (κ3) is 5.08. The standard InChI is InChI=1S/C16H24N4S/c1-2-9-15(14-10-5-6-11-17-14)18-19-16(21)20-12-7-3-4-8-13-20/h5-6,10-11H,2-4,7-9,12-13H2,1H3,(H,19,21). The van der Waals surface area contributed by atoms with Crippen molar-refractivity contribution in [2.24, 2.45) is 5.10 Å². The van der Waals surface area contributed by atoms with Crippen molar-refractivity contribution in [3.63, 3.8) is 0 Å². The van der Waals surface area contributed by atoms with E-state index in [2.05, 4.69) is 27.3 Å². The second kappa shape index (κ2) is 8.72. The molecule has 2 heterocycles. The van der Waals surface area contributed by atoms with Crippen molar-refractivity contribution in [1.29, 1.82) is 0 Å². The fourth-order valence-corrected chi connectivity index (χ4v) is 2.70. The van der Waals surface area contributed by atoms with E-state index in [1.54, 1.807) is 6.20 Å². The fourth-order valence-electron chi connectivity index (χ4n) is 2.47. The van der Waals surface area contributed by atoms with Gasteiger partial charge < -0.3 is 4.90 Å². The number of hydrazone groups is 1. The molecular formula is C16H24N4S. The van der Waals surface area contributed by atoms with Gasteiger partial charge in [0.25, 0.3) is 0 Å². The number of likely N-dealkylation sites (tertiary alicyclic amines) is 1. The molecule has 1 fully saturated rings. The Bertz CT molecular complexity index is 464. The second-order valence-electron chi connectivity index (χ2n) is 5.34. The molecule has 0 atom stereocenters. The Balaban J connectivity index is 2.00. The molecule has 0 aliphatic carbocycles. The summed E-state index contributed by atoms with van der Waals surface area (Å²) < 4.78 is 0. The lowest BCUT2D eigenvalue weighted by Gasteiger charge is -2.22. The maximum atomic E-state index is 5.47. The molecule has 0 aromatic carbocycles. The van der Waals surface area contributed by atoms with Crippen LogP contribution in [0.4, 0.5) is 0 Å². The number of nitrogens with one attached hydrogen (secondary N) is 1. The van der Waals surface area contributed by atoms with Crippen LogP contribution < -0.4 is 5.43 Å². The normalized spacial score (nSPS) is 16.4. The van der Waals surface area contributed by atoms with E-state index in [1.165, 1.54) is 25.7 Å². The van der Waals surface area contributed by atoms with Gasteiger partial charge in [0.1, 0.15) is 0 Å². The van der Waals surface area contributed by atoms with Crippen LogP contribution in [0.15, 0.2) is 29.5 Å². The zero-order valence-electron chi connectivity index (χ0n) is 12.7. The summed E-state index contributed by atoms with van der Waals surface area (Å²) in [6.45, 7) is 4.22. The highest BCUT2D eigenvalue weighted by Crippen LogP contribution is 2.10. The zero-order chi connectivity index (χ0) is 14.9. The van der Waals surface area contributed by atoms with Crippen LogP contribution in [0.5, 0.6) is 0 Å². The molecule has 1 aromatic rings. The SMILES string of the molecule is CCCC(=NNC(=S)N1CCCCCC1)c1ccccn1. The van der Waals surface area contributed by atoms with E-state index in [9.17, 15) is 0 Å². The van der Waals surface area contributed by atoms with Crippen molar-refractivity contribution in [2.75, 3.05) is 13.1 Å². The van der Waals surface area contributed by atoms with Gasteiger partial charge in [-0.15, -0.1) is 0 Å².